The lowest BCUT2D eigenvalue weighted by Gasteiger charge is -2.22. The normalized spacial score (nSPS) is 21.0. The summed E-state index contributed by atoms with van der Waals surface area (Å²) in [6, 6.07) is 13.8. The summed E-state index contributed by atoms with van der Waals surface area (Å²) in [6.07, 6.45) is 3.05. The van der Waals surface area contributed by atoms with Crippen molar-refractivity contribution in [2.75, 3.05) is 25.0 Å². The van der Waals surface area contributed by atoms with Gasteiger partial charge in [0.05, 0.1) is 11.7 Å². The van der Waals surface area contributed by atoms with E-state index in [0.717, 1.165) is 36.5 Å². The van der Waals surface area contributed by atoms with Crippen LogP contribution in [0, 0.1) is 0 Å². The number of nitrogens with one attached hydrogen (secondary N) is 2. The van der Waals surface area contributed by atoms with Gasteiger partial charge in [0.2, 0.25) is 0 Å². The molecule has 6 heteroatoms. The number of nitrogens with zero attached hydrogens (tertiary/aromatic N) is 1. The van der Waals surface area contributed by atoms with Gasteiger partial charge in [0.1, 0.15) is 5.75 Å². The molecule has 0 spiro atoms. The van der Waals surface area contributed by atoms with Crippen molar-refractivity contribution >= 4 is 17.0 Å². The molecular weight excluding hydrogens is 350 g/mol. The van der Waals surface area contributed by atoms with Crippen molar-refractivity contribution in [1.29, 1.82) is 0 Å². The Kier molecular flexibility index (Phi) is 4.98. The molecule has 28 heavy (non-hydrogen) atoms. The van der Waals surface area contributed by atoms with Crippen molar-refractivity contribution in [2.45, 2.75) is 19.4 Å². The summed E-state index contributed by atoms with van der Waals surface area (Å²) in [7, 11) is 0. The van der Waals surface area contributed by atoms with Crippen LogP contribution >= 0.6 is 0 Å². The third kappa shape index (κ3) is 3.56. The first kappa shape index (κ1) is 18.4. The monoisotopic (exact) mass is 377 g/mol. The minimum Gasteiger partial charge on any atom is -0.508 e. The maximum absolute atomic E-state index is 9.83. The van der Waals surface area contributed by atoms with E-state index in [9.17, 15) is 5.11 Å². The van der Waals surface area contributed by atoms with Crippen LogP contribution in [0.25, 0.3) is 11.3 Å². The maximum atomic E-state index is 9.83. The van der Waals surface area contributed by atoms with Gasteiger partial charge in [0.15, 0.2) is 0 Å². The van der Waals surface area contributed by atoms with Crippen molar-refractivity contribution in [2.24, 2.45) is 11.6 Å². The lowest BCUT2D eigenvalue weighted by Crippen LogP contribution is -2.31. The van der Waals surface area contributed by atoms with Crippen molar-refractivity contribution in [1.82, 2.24) is 10.3 Å². The topological polar surface area (TPSA) is 99.6 Å². The van der Waals surface area contributed by atoms with Gasteiger partial charge in [0.25, 0.3) is 0 Å². The van der Waals surface area contributed by atoms with Gasteiger partial charge >= 0.3 is 0 Å². The number of hydrazine groups is 1. The molecule has 146 valence electrons. The molecule has 4 rings (SSSR count). The van der Waals surface area contributed by atoms with Gasteiger partial charge in [-0.15, -0.1) is 0 Å². The fraction of sp³-hybridized carbons (Fsp3) is 0.273. The number of aromatic hydroxyl groups is 1. The summed E-state index contributed by atoms with van der Waals surface area (Å²) in [5.41, 5.74) is 13.4. The molecular formula is C22H27N5O. The Morgan fingerprint density at radius 2 is 2.11 bits per heavy atom. The van der Waals surface area contributed by atoms with Crippen LogP contribution in [-0.2, 0) is 0 Å². The Labute approximate surface area is 165 Å². The SMILES string of the molecule is C/C(N)=C1\c2ccc(C3=CCNC3)cc2C(Nc2cccc(O)c2)CCN1N. The van der Waals surface area contributed by atoms with Crippen LogP contribution in [0.5, 0.6) is 5.75 Å². The lowest BCUT2D eigenvalue weighted by atomic mass is 9.92. The van der Waals surface area contributed by atoms with Gasteiger partial charge in [-0.1, -0.05) is 24.3 Å². The number of rotatable bonds is 3. The Bertz CT molecular complexity index is 946. The number of phenols is 1. The van der Waals surface area contributed by atoms with E-state index in [1.54, 1.807) is 17.1 Å². The van der Waals surface area contributed by atoms with E-state index in [4.69, 9.17) is 11.6 Å². The van der Waals surface area contributed by atoms with E-state index in [1.165, 1.54) is 16.7 Å². The fourth-order valence-electron chi connectivity index (χ4n) is 4.04. The molecule has 0 aliphatic carbocycles. The third-order valence-electron chi connectivity index (χ3n) is 5.37. The molecule has 1 atom stereocenters. The molecule has 0 fully saturated rings. The van der Waals surface area contributed by atoms with Crippen molar-refractivity contribution in [3.63, 3.8) is 0 Å². The zero-order valence-corrected chi connectivity index (χ0v) is 16.1. The quantitative estimate of drug-likeness (QED) is 0.528. The van der Waals surface area contributed by atoms with Crippen LogP contribution in [-0.4, -0.2) is 29.7 Å². The predicted molar refractivity (Wildman–Crippen MR) is 114 cm³/mol. The van der Waals surface area contributed by atoms with Gasteiger partial charge < -0.3 is 26.5 Å². The van der Waals surface area contributed by atoms with Crippen molar-refractivity contribution in [3.05, 3.63) is 70.9 Å². The largest absolute Gasteiger partial charge is 0.508 e. The van der Waals surface area contributed by atoms with Crippen molar-refractivity contribution in [3.8, 4) is 5.75 Å². The fourth-order valence-corrected chi connectivity index (χ4v) is 4.04. The van der Waals surface area contributed by atoms with Gasteiger partial charge in [-0.05, 0) is 48.2 Å². The van der Waals surface area contributed by atoms with Crippen LogP contribution in [0.1, 0.15) is 36.1 Å². The van der Waals surface area contributed by atoms with Gasteiger partial charge in [-0.2, -0.15) is 0 Å². The standard InChI is InChI=1S/C22H27N5O/c1-14(23)22-19-6-5-15(16-7-9-25-13-16)11-20(19)21(8-10-27(22)24)26-17-3-2-4-18(28)12-17/h2-7,11-12,21,25-26,28H,8-10,13,23-24H2,1H3/b22-14-. The average molecular weight is 377 g/mol. The molecule has 0 saturated heterocycles. The number of nitrogens with two attached hydrogens (primary N) is 2. The highest BCUT2D eigenvalue weighted by molar-refractivity contribution is 5.76. The first-order chi connectivity index (χ1) is 13.5. The molecule has 0 amide bonds. The number of hydrogen-bond acceptors (Lipinski definition) is 6. The number of fused-ring (bicyclic) bond motifs is 1. The summed E-state index contributed by atoms with van der Waals surface area (Å²) in [4.78, 5) is 0. The molecule has 0 bridgehead atoms. The second-order valence-electron chi connectivity index (χ2n) is 7.42. The van der Waals surface area contributed by atoms with E-state index < -0.39 is 0 Å². The first-order valence-corrected chi connectivity index (χ1v) is 9.61. The Morgan fingerprint density at radius 1 is 1.25 bits per heavy atom. The van der Waals surface area contributed by atoms with Crippen LogP contribution in [0.3, 0.4) is 0 Å². The Balaban J connectivity index is 1.80. The summed E-state index contributed by atoms with van der Waals surface area (Å²) < 4.78 is 0. The second-order valence-corrected chi connectivity index (χ2v) is 7.42. The van der Waals surface area contributed by atoms with E-state index in [1.807, 2.05) is 19.1 Å². The van der Waals surface area contributed by atoms with E-state index in [-0.39, 0.29) is 11.8 Å². The molecule has 2 heterocycles. The molecule has 0 saturated carbocycles. The molecule has 0 radical (unpaired) electrons. The zero-order chi connectivity index (χ0) is 19.7. The number of phenolic OH excluding ortho intramolecular Hbond substituents is 1. The summed E-state index contributed by atoms with van der Waals surface area (Å²) in [6.45, 7) is 4.35. The smallest absolute Gasteiger partial charge is 0.117 e. The zero-order valence-electron chi connectivity index (χ0n) is 16.1. The number of hydrogen-bond donors (Lipinski definition) is 5. The van der Waals surface area contributed by atoms with E-state index in [0.29, 0.717) is 12.2 Å². The summed E-state index contributed by atoms with van der Waals surface area (Å²) in [5.74, 6) is 6.59. The average Bonchev–Trinajstić information content (AvgIpc) is 3.16. The molecule has 6 nitrogen and oxygen atoms in total. The predicted octanol–water partition coefficient (Wildman–Crippen LogP) is 2.76. The highest BCUT2D eigenvalue weighted by atomic mass is 16.3. The molecule has 2 aliphatic heterocycles. The van der Waals surface area contributed by atoms with Crippen molar-refractivity contribution < 1.29 is 5.11 Å². The molecule has 2 aromatic carbocycles. The summed E-state index contributed by atoms with van der Waals surface area (Å²) in [5, 5.41) is 18.5. The van der Waals surface area contributed by atoms with E-state index >= 15 is 0 Å². The molecule has 2 aliphatic rings. The van der Waals surface area contributed by atoms with E-state index in [2.05, 4.69) is 34.9 Å². The van der Waals surface area contributed by atoms with Gasteiger partial charge in [-0.3, -0.25) is 0 Å². The Morgan fingerprint density at radius 3 is 2.82 bits per heavy atom. The summed E-state index contributed by atoms with van der Waals surface area (Å²) >= 11 is 0. The van der Waals surface area contributed by atoms with Crippen LogP contribution in [0.15, 0.2) is 54.2 Å². The number of allylic oxidation sites excluding steroid dienone is 1. The molecule has 2 aromatic rings. The highest BCUT2D eigenvalue weighted by Gasteiger charge is 2.26. The Hall–Kier alpha value is -2.96. The molecule has 1 unspecified atom stereocenters. The molecule has 7 N–H and O–H groups in total. The minimum absolute atomic E-state index is 0.0506. The number of benzene rings is 2. The second kappa shape index (κ2) is 7.58. The molecule has 0 aromatic heterocycles. The van der Waals surface area contributed by atoms with Crippen LogP contribution in [0.4, 0.5) is 5.69 Å². The highest BCUT2D eigenvalue weighted by Crippen LogP contribution is 2.37. The maximum Gasteiger partial charge on any atom is 0.117 e. The first-order valence-electron chi connectivity index (χ1n) is 9.61. The minimum atomic E-state index is 0.0506. The van der Waals surface area contributed by atoms with Gasteiger partial charge in [-0.25, -0.2) is 5.84 Å². The lowest BCUT2D eigenvalue weighted by molar-refractivity contribution is 0.402. The number of anilines is 1. The third-order valence-corrected chi connectivity index (χ3v) is 5.37. The van der Waals surface area contributed by atoms with Crippen LogP contribution in [0.2, 0.25) is 0 Å². The van der Waals surface area contributed by atoms with Crippen LogP contribution < -0.4 is 22.2 Å². The van der Waals surface area contributed by atoms with Gasteiger partial charge in [0, 0.05) is 42.6 Å².